The van der Waals surface area contributed by atoms with Crippen LogP contribution in [0.3, 0.4) is 0 Å². The van der Waals surface area contributed by atoms with E-state index in [1.54, 1.807) is 48.5 Å². The molecular weight excluding hydrogens is 506 g/mol. The number of benzene rings is 4. The van der Waals surface area contributed by atoms with E-state index in [9.17, 15) is 13.2 Å². The van der Waals surface area contributed by atoms with Gasteiger partial charge in [-0.1, -0.05) is 78.4 Å². The van der Waals surface area contributed by atoms with E-state index in [0.29, 0.717) is 24.3 Å². The number of piperazine rings is 1. The first-order valence-electron chi connectivity index (χ1n) is 13.1. The van der Waals surface area contributed by atoms with Crippen LogP contribution in [0.4, 0.5) is 5.69 Å². The Morgan fingerprint density at radius 1 is 0.718 bits per heavy atom. The standard InChI is InChI=1S/C32H33N3O3S/c1-25-13-19-30(20-14-25)39(37,38)33(2)29-17-15-28(16-18-29)32(36)35-23-21-34(22-24-35)31(26-9-5-3-6-10-26)27-11-7-4-8-12-27/h3-20,31H,21-24H2,1-2H3. The highest BCUT2D eigenvalue weighted by Crippen LogP contribution is 2.30. The fourth-order valence-corrected chi connectivity index (χ4v) is 6.27. The molecule has 0 N–H and O–H groups in total. The summed E-state index contributed by atoms with van der Waals surface area (Å²) in [6.07, 6.45) is 0. The summed E-state index contributed by atoms with van der Waals surface area (Å²) in [5.41, 5.74) is 4.53. The van der Waals surface area contributed by atoms with Gasteiger partial charge >= 0.3 is 0 Å². The highest BCUT2D eigenvalue weighted by Gasteiger charge is 2.29. The Labute approximate surface area is 231 Å². The van der Waals surface area contributed by atoms with Gasteiger partial charge in [0.05, 0.1) is 16.6 Å². The number of nitrogens with zero attached hydrogens (tertiary/aromatic N) is 3. The smallest absolute Gasteiger partial charge is 0.264 e. The predicted molar refractivity (Wildman–Crippen MR) is 155 cm³/mol. The molecule has 0 aliphatic carbocycles. The number of hydrogen-bond donors (Lipinski definition) is 0. The van der Waals surface area contributed by atoms with Crippen molar-refractivity contribution < 1.29 is 13.2 Å². The molecule has 0 bridgehead atoms. The van der Waals surface area contributed by atoms with E-state index in [1.165, 1.54) is 22.5 Å². The van der Waals surface area contributed by atoms with Gasteiger partial charge in [0.15, 0.2) is 0 Å². The quantitative estimate of drug-likeness (QED) is 0.317. The van der Waals surface area contributed by atoms with Crippen molar-refractivity contribution in [1.82, 2.24) is 9.80 Å². The molecule has 4 aromatic carbocycles. The monoisotopic (exact) mass is 539 g/mol. The summed E-state index contributed by atoms with van der Waals surface area (Å²) < 4.78 is 27.3. The number of rotatable bonds is 7. The number of amides is 1. The number of hydrogen-bond acceptors (Lipinski definition) is 4. The second kappa shape index (κ2) is 11.4. The topological polar surface area (TPSA) is 60.9 Å². The van der Waals surface area contributed by atoms with Crippen LogP contribution in [0.1, 0.15) is 33.1 Å². The molecule has 6 nitrogen and oxygen atoms in total. The molecule has 39 heavy (non-hydrogen) atoms. The molecule has 200 valence electrons. The van der Waals surface area contributed by atoms with Gasteiger partial charge in [-0.05, 0) is 54.4 Å². The van der Waals surface area contributed by atoms with Crippen molar-refractivity contribution in [2.24, 2.45) is 0 Å². The molecule has 0 atom stereocenters. The molecule has 0 radical (unpaired) electrons. The van der Waals surface area contributed by atoms with Crippen LogP contribution < -0.4 is 4.31 Å². The summed E-state index contributed by atoms with van der Waals surface area (Å²) in [7, 11) is -2.16. The van der Waals surface area contributed by atoms with Gasteiger partial charge in [0.25, 0.3) is 15.9 Å². The fraction of sp³-hybridized carbons (Fsp3) is 0.219. The van der Waals surface area contributed by atoms with E-state index in [1.807, 2.05) is 24.0 Å². The maximum Gasteiger partial charge on any atom is 0.264 e. The van der Waals surface area contributed by atoms with Crippen LogP contribution in [0.15, 0.2) is 114 Å². The number of carbonyl (C=O) groups excluding carboxylic acids is 1. The maximum atomic E-state index is 13.3. The predicted octanol–water partition coefficient (Wildman–Crippen LogP) is 5.37. The van der Waals surface area contributed by atoms with Crippen molar-refractivity contribution in [1.29, 1.82) is 0 Å². The third kappa shape index (κ3) is 5.75. The van der Waals surface area contributed by atoms with Crippen LogP contribution in [0, 0.1) is 6.92 Å². The first-order chi connectivity index (χ1) is 18.8. The third-order valence-corrected chi connectivity index (χ3v) is 9.15. The summed E-state index contributed by atoms with van der Waals surface area (Å²) in [6.45, 7) is 4.68. The zero-order valence-electron chi connectivity index (χ0n) is 22.3. The van der Waals surface area contributed by atoms with E-state index >= 15 is 0 Å². The van der Waals surface area contributed by atoms with Gasteiger partial charge in [0, 0.05) is 38.8 Å². The van der Waals surface area contributed by atoms with Gasteiger partial charge in [-0.25, -0.2) is 8.42 Å². The van der Waals surface area contributed by atoms with Gasteiger partial charge < -0.3 is 4.90 Å². The van der Waals surface area contributed by atoms with Crippen molar-refractivity contribution in [3.05, 3.63) is 131 Å². The van der Waals surface area contributed by atoms with Gasteiger partial charge in [-0.3, -0.25) is 14.0 Å². The Balaban J connectivity index is 1.26. The normalized spacial score (nSPS) is 14.4. The summed E-state index contributed by atoms with van der Waals surface area (Å²) >= 11 is 0. The van der Waals surface area contributed by atoms with Crippen molar-refractivity contribution in [3.63, 3.8) is 0 Å². The fourth-order valence-electron chi connectivity index (χ4n) is 5.07. The van der Waals surface area contributed by atoms with E-state index < -0.39 is 10.0 Å². The zero-order chi connectivity index (χ0) is 27.4. The number of sulfonamides is 1. The number of carbonyl (C=O) groups is 1. The Bertz CT molecular complexity index is 1460. The molecule has 5 rings (SSSR count). The average Bonchev–Trinajstić information content (AvgIpc) is 2.98. The average molecular weight is 540 g/mol. The first-order valence-corrected chi connectivity index (χ1v) is 14.6. The molecule has 1 saturated heterocycles. The Kier molecular flexibility index (Phi) is 7.82. The zero-order valence-corrected chi connectivity index (χ0v) is 23.1. The molecule has 7 heteroatoms. The number of anilines is 1. The summed E-state index contributed by atoms with van der Waals surface area (Å²) in [5, 5.41) is 0. The Morgan fingerprint density at radius 2 is 1.23 bits per heavy atom. The van der Waals surface area contributed by atoms with Crippen LogP contribution in [-0.4, -0.2) is 57.4 Å². The molecule has 0 spiro atoms. The lowest BCUT2D eigenvalue weighted by atomic mass is 9.96. The molecule has 4 aromatic rings. The summed E-state index contributed by atoms with van der Waals surface area (Å²) in [4.78, 5) is 17.9. The molecule has 1 heterocycles. The van der Waals surface area contributed by atoms with Gasteiger partial charge in [0.2, 0.25) is 0 Å². The molecular formula is C32H33N3O3S. The largest absolute Gasteiger partial charge is 0.336 e. The van der Waals surface area contributed by atoms with Crippen LogP contribution >= 0.6 is 0 Å². The van der Waals surface area contributed by atoms with Crippen molar-refractivity contribution >= 4 is 21.6 Å². The van der Waals surface area contributed by atoms with Gasteiger partial charge in [0.1, 0.15) is 0 Å². The summed E-state index contributed by atoms with van der Waals surface area (Å²) in [5.74, 6) is -0.0405. The second-order valence-electron chi connectivity index (χ2n) is 9.88. The van der Waals surface area contributed by atoms with E-state index in [0.717, 1.165) is 18.7 Å². The van der Waals surface area contributed by atoms with E-state index in [2.05, 4.69) is 53.4 Å². The molecule has 0 saturated carbocycles. The molecule has 0 aromatic heterocycles. The van der Waals surface area contributed by atoms with Crippen LogP contribution in [-0.2, 0) is 10.0 Å². The van der Waals surface area contributed by atoms with Crippen molar-refractivity contribution in [3.8, 4) is 0 Å². The van der Waals surface area contributed by atoms with Crippen molar-refractivity contribution in [2.45, 2.75) is 17.9 Å². The molecule has 1 aliphatic rings. The van der Waals surface area contributed by atoms with Gasteiger partial charge in [-0.2, -0.15) is 0 Å². The minimum absolute atomic E-state index is 0.0405. The Hall–Kier alpha value is -3.94. The van der Waals surface area contributed by atoms with Crippen LogP contribution in [0.2, 0.25) is 0 Å². The molecule has 1 amide bonds. The minimum atomic E-state index is -3.69. The van der Waals surface area contributed by atoms with Crippen LogP contribution in [0.5, 0.6) is 0 Å². The lowest BCUT2D eigenvalue weighted by molar-refractivity contribution is 0.0597. The second-order valence-corrected chi connectivity index (χ2v) is 11.9. The molecule has 1 fully saturated rings. The highest BCUT2D eigenvalue weighted by atomic mass is 32.2. The summed E-state index contributed by atoms with van der Waals surface area (Å²) in [6, 6.07) is 34.7. The van der Waals surface area contributed by atoms with E-state index in [-0.39, 0.29) is 16.8 Å². The molecule has 1 aliphatic heterocycles. The molecule has 0 unspecified atom stereocenters. The lowest BCUT2D eigenvalue weighted by Gasteiger charge is -2.39. The van der Waals surface area contributed by atoms with Crippen molar-refractivity contribution in [2.75, 3.05) is 37.5 Å². The third-order valence-electron chi connectivity index (χ3n) is 7.35. The lowest BCUT2D eigenvalue weighted by Crippen LogP contribution is -2.49. The SMILES string of the molecule is Cc1ccc(S(=O)(=O)N(C)c2ccc(C(=O)N3CCN(C(c4ccccc4)c4ccccc4)CC3)cc2)cc1. The first kappa shape index (κ1) is 26.7. The highest BCUT2D eigenvalue weighted by molar-refractivity contribution is 7.92. The van der Waals surface area contributed by atoms with Crippen LogP contribution in [0.25, 0.3) is 0 Å². The number of aryl methyl sites for hydroxylation is 1. The minimum Gasteiger partial charge on any atom is -0.336 e. The van der Waals surface area contributed by atoms with Gasteiger partial charge in [-0.15, -0.1) is 0 Å². The maximum absolute atomic E-state index is 13.3. The van der Waals surface area contributed by atoms with E-state index in [4.69, 9.17) is 0 Å². The Morgan fingerprint density at radius 3 is 1.74 bits per heavy atom.